The number of hydrogen-bond donors (Lipinski definition) is 2. The smallest absolute Gasteiger partial charge is 0.251 e. The second kappa shape index (κ2) is 9.03. The third-order valence-corrected chi connectivity index (χ3v) is 6.63. The van der Waals surface area contributed by atoms with Crippen LogP contribution in [0.5, 0.6) is 0 Å². The Labute approximate surface area is 161 Å². The molecule has 2 heterocycles. The number of nitrogens with one attached hydrogen (secondary N) is 2. The molecule has 3 rings (SSSR count). The van der Waals surface area contributed by atoms with E-state index < -0.39 is 10.0 Å². The van der Waals surface area contributed by atoms with Crippen LogP contribution in [0.25, 0.3) is 0 Å². The first kappa shape index (κ1) is 21.0. The maximum absolute atomic E-state index is 12.4. The Hall–Kier alpha value is -1.35. The van der Waals surface area contributed by atoms with Gasteiger partial charge >= 0.3 is 0 Å². The van der Waals surface area contributed by atoms with E-state index in [2.05, 4.69) is 15.5 Å². The van der Waals surface area contributed by atoms with Crippen LogP contribution in [0.3, 0.4) is 0 Å². The van der Waals surface area contributed by atoms with E-state index in [9.17, 15) is 13.2 Å². The number of benzene rings is 1. The van der Waals surface area contributed by atoms with Crippen molar-refractivity contribution in [3.05, 3.63) is 29.3 Å². The van der Waals surface area contributed by atoms with Gasteiger partial charge in [0.05, 0.1) is 11.4 Å². The first-order valence-electron chi connectivity index (χ1n) is 8.80. The number of carbonyl (C=O) groups is 1. The van der Waals surface area contributed by atoms with Gasteiger partial charge in [-0.05, 0) is 37.1 Å². The molecule has 0 aliphatic carbocycles. The van der Waals surface area contributed by atoms with E-state index in [0.717, 1.165) is 38.3 Å². The van der Waals surface area contributed by atoms with Crippen LogP contribution in [0.1, 0.15) is 22.3 Å². The molecular formula is C17H27ClN4O3S. The molecule has 26 heavy (non-hydrogen) atoms. The van der Waals surface area contributed by atoms with Crippen molar-refractivity contribution in [1.82, 2.24) is 15.5 Å². The van der Waals surface area contributed by atoms with Gasteiger partial charge in [0.15, 0.2) is 0 Å². The molecule has 2 aliphatic heterocycles. The fraction of sp³-hybridized carbons (Fsp3) is 0.588. The molecule has 1 aromatic rings. The summed E-state index contributed by atoms with van der Waals surface area (Å²) in [6.45, 7) is 7.82. The largest absolute Gasteiger partial charge is 0.351 e. The molecule has 2 saturated heterocycles. The normalized spacial score (nSPS) is 19.8. The third kappa shape index (κ3) is 4.88. The van der Waals surface area contributed by atoms with Crippen molar-refractivity contribution < 1.29 is 13.2 Å². The standard InChI is InChI=1S/C17H26N4O3S.ClH/c1-14-13-15(21-8-2-12-25(21,23)24)3-4-16(14)17(22)19-7-11-20-9-5-18-6-10-20;/h3-4,13,18H,2,5-12H2,1H3,(H,19,22);1H. The van der Waals surface area contributed by atoms with Crippen LogP contribution in [0, 0.1) is 6.92 Å². The predicted molar refractivity (Wildman–Crippen MR) is 106 cm³/mol. The Bertz CT molecular complexity index is 736. The number of halogens is 1. The maximum atomic E-state index is 12.4. The van der Waals surface area contributed by atoms with Crippen LogP contribution in [-0.2, 0) is 10.0 Å². The number of sulfonamides is 1. The van der Waals surface area contributed by atoms with Crippen molar-refractivity contribution in [1.29, 1.82) is 0 Å². The number of rotatable bonds is 5. The van der Waals surface area contributed by atoms with Gasteiger partial charge in [-0.3, -0.25) is 14.0 Å². The van der Waals surface area contributed by atoms with Crippen LogP contribution in [0.15, 0.2) is 18.2 Å². The molecule has 0 spiro atoms. The molecule has 0 aromatic heterocycles. The molecule has 1 aromatic carbocycles. The van der Waals surface area contributed by atoms with E-state index in [1.807, 2.05) is 6.92 Å². The second-order valence-corrected chi connectivity index (χ2v) is 8.60. The lowest BCUT2D eigenvalue weighted by molar-refractivity contribution is 0.0946. The number of aryl methyl sites for hydroxylation is 1. The van der Waals surface area contributed by atoms with E-state index >= 15 is 0 Å². The lowest BCUT2D eigenvalue weighted by Crippen LogP contribution is -2.46. The van der Waals surface area contributed by atoms with Crippen molar-refractivity contribution in [3.63, 3.8) is 0 Å². The quantitative estimate of drug-likeness (QED) is 0.753. The first-order valence-corrected chi connectivity index (χ1v) is 10.4. The summed E-state index contributed by atoms with van der Waals surface area (Å²) in [6, 6.07) is 5.23. The van der Waals surface area contributed by atoms with Crippen molar-refractivity contribution in [2.75, 3.05) is 55.9 Å². The van der Waals surface area contributed by atoms with Gasteiger partial charge in [0.25, 0.3) is 5.91 Å². The zero-order valence-electron chi connectivity index (χ0n) is 15.0. The lowest BCUT2D eigenvalue weighted by Gasteiger charge is -2.27. The fourth-order valence-electron chi connectivity index (χ4n) is 3.34. The first-order chi connectivity index (χ1) is 12.0. The number of nitrogens with zero attached hydrogens (tertiary/aromatic N) is 2. The number of carbonyl (C=O) groups excluding carboxylic acids is 1. The van der Waals surface area contributed by atoms with Gasteiger partial charge in [-0.15, -0.1) is 12.4 Å². The van der Waals surface area contributed by atoms with Crippen molar-refractivity contribution >= 4 is 34.0 Å². The highest BCUT2D eigenvalue weighted by atomic mass is 35.5. The molecule has 2 N–H and O–H groups in total. The van der Waals surface area contributed by atoms with E-state index in [0.29, 0.717) is 30.8 Å². The number of hydrogen-bond acceptors (Lipinski definition) is 5. The Morgan fingerprint density at radius 3 is 2.58 bits per heavy atom. The highest BCUT2D eigenvalue weighted by Crippen LogP contribution is 2.26. The van der Waals surface area contributed by atoms with Gasteiger partial charge in [-0.25, -0.2) is 8.42 Å². The molecule has 0 atom stereocenters. The summed E-state index contributed by atoms with van der Waals surface area (Å²) in [6.07, 6.45) is 0.648. The Morgan fingerprint density at radius 2 is 1.96 bits per heavy atom. The van der Waals surface area contributed by atoms with Gasteiger partial charge in [0.1, 0.15) is 0 Å². The van der Waals surface area contributed by atoms with Crippen LogP contribution in [0.4, 0.5) is 5.69 Å². The summed E-state index contributed by atoms with van der Waals surface area (Å²) < 4.78 is 25.5. The predicted octanol–water partition coefficient (Wildman–Crippen LogP) is 0.592. The average molecular weight is 403 g/mol. The monoisotopic (exact) mass is 402 g/mol. The molecule has 0 unspecified atom stereocenters. The van der Waals surface area contributed by atoms with Gasteiger partial charge in [0, 0.05) is 51.4 Å². The third-order valence-electron chi connectivity index (χ3n) is 4.77. The minimum absolute atomic E-state index is 0. The van der Waals surface area contributed by atoms with Crippen molar-refractivity contribution in [2.24, 2.45) is 0 Å². The van der Waals surface area contributed by atoms with Crippen LogP contribution in [0.2, 0.25) is 0 Å². The minimum Gasteiger partial charge on any atom is -0.351 e. The lowest BCUT2D eigenvalue weighted by atomic mass is 10.1. The zero-order chi connectivity index (χ0) is 17.9. The number of piperazine rings is 1. The summed E-state index contributed by atoms with van der Waals surface area (Å²) in [5.74, 6) is 0.0868. The highest BCUT2D eigenvalue weighted by Gasteiger charge is 2.28. The van der Waals surface area contributed by atoms with Gasteiger partial charge < -0.3 is 10.6 Å². The molecule has 0 radical (unpaired) electrons. The Kier molecular flexibility index (Phi) is 7.28. The highest BCUT2D eigenvalue weighted by molar-refractivity contribution is 7.93. The van der Waals surface area contributed by atoms with E-state index in [-0.39, 0.29) is 24.1 Å². The van der Waals surface area contributed by atoms with Crippen LogP contribution < -0.4 is 14.9 Å². The maximum Gasteiger partial charge on any atom is 0.251 e. The van der Waals surface area contributed by atoms with Crippen molar-refractivity contribution in [3.8, 4) is 0 Å². The number of amides is 1. The molecule has 2 fully saturated rings. The minimum atomic E-state index is -3.19. The number of anilines is 1. The summed E-state index contributed by atoms with van der Waals surface area (Å²) >= 11 is 0. The molecule has 0 saturated carbocycles. The van der Waals surface area contributed by atoms with E-state index in [1.165, 1.54) is 4.31 Å². The van der Waals surface area contributed by atoms with Gasteiger partial charge in [-0.1, -0.05) is 0 Å². The average Bonchev–Trinajstić information content (AvgIpc) is 2.95. The topological polar surface area (TPSA) is 81.8 Å². The van der Waals surface area contributed by atoms with E-state index in [1.54, 1.807) is 18.2 Å². The SMILES string of the molecule is Cc1cc(N2CCCS2(=O)=O)ccc1C(=O)NCCN1CCNCC1.Cl. The summed E-state index contributed by atoms with van der Waals surface area (Å²) in [5.41, 5.74) is 2.03. The van der Waals surface area contributed by atoms with E-state index in [4.69, 9.17) is 0 Å². The molecule has 1 amide bonds. The fourth-order valence-corrected chi connectivity index (χ4v) is 4.90. The zero-order valence-corrected chi connectivity index (χ0v) is 16.7. The molecular weight excluding hydrogens is 376 g/mol. The van der Waals surface area contributed by atoms with Crippen molar-refractivity contribution in [2.45, 2.75) is 13.3 Å². The summed E-state index contributed by atoms with van der Waals surface area (Å²) in [5, 5.41) is 6.27. The Balaban J connectivity index is 0.00000243. The molecule has 2 aliphatic rings. The second-order valence-electron chi connectivity index (χ2n) is 6.59. The summed E-state index contributed by atoms with van der Waals surface area (Å²) in [4.78, 5) is 14.7. The molecule has 9 heteroatoms. The van der Waals surface area contributed by atoms with Gasteiger partial charge in [0.2, 0.25) is 10.0 Å². The molecule has 7 nitrogen and oxygen atoms in total. The van der Waals surface area contributed by atoms with Crippen LogP contribution >= 0.6 is 12.4 Å². The van der Waals surface area contributed by atoms with Crippen LogP contribution in [-0.4, -0.2) is 70.8 Å². The summed E-state index contributed by atoms with van der Waals surface area (Å²) in [7, 11) is -3.19. The molecule has 0 bridgehead atoms. The van der Waals surface area contributed by atoms with Gasteiger partial charge in [-0.2, -0.15) is 0 Å². The molecule has 146 valence electrons. The Morgan fingerprint density at radius 1 is 1.23 bits per heavy atom.